The summed E-state index contributed by atoms with van der Waals surface area (Å²) in [5, 5.41) is 7.43. The van der Waals surface area contributed by atoms with Crippen molar-refractivity contribution in [1.82, 2.24) is 20.4 Å². The fourth-order valence-electron chi connectivity index (χ4n) is 3.44. The molecule has 0 radical (unpaired) electrons. The third-order valence-corrected chi connectivity index (χ3v) is 4.89. The number of nitrogens with zero attached hydrogens (tertiary/aromatic N) is 4. The molecule has 2 saturated heterocycles. The summed E-state index contributed by atoms with van der Waals surface area (Å²) in [7, 11) is 2.05. The van der Waals surface area contributed by atoms with E-state index in [4.69, 9.17) is 4.52 Å². The summed E-state index contributed by atoms with van der Waals surface area (Å²) in [5.74, 6) is 0.783. The minimum absolute atomic E-state index is 0.0879. The van der Waals surface area contributed by atoms with Gasteiger partial charge in [-0.25, -0.2) is 4.39 Å². The van der Waals surface area contributed by atoms with E-state index in [2.05, 4.69) is 25.3 Å². The zero-order chi connectivity index (χ0) is 16.5. The van der Waals surface area contributed by atoms with Crippen molar-refractivity contribution in [2.75, 3.05) is 44.7 Å². The summed E-state index contributed by atoms with van der Waals surface area (Å²) < 4.78 is 19.8. The van der Waals surface area contributed by atoms with E-state index in [0.29, 0.717) is 23.0 Å². The van der Waals surface area contributed by atoms with Gasteiger partial charge < -0.3 is 14.7 Å². The van der Waals surface area contributed by atoms with Crippen molar-refractivity contribution in [3.8, 4) is 11.5 Å². The lowest BCUT2D eigenvalue weighted by Crippen LogP contribution is -2.44. The van der Waals surface area contributed by atoms with Gasteiger partial charge in [-0.3, -0.25) is 4.90 Å². The molecule has 2 aliphatic heterocycles. The molecule has 7 heteroatoms. The third kappa shape index (κ3) is 2.89. The van der Waals surface area contributed by atoms with Gasteiger partial charge in [-0.05, 0) is 38.1 Å². The number of anilines is 1. The molecule has 4 rings (SSSR count). The maximum Gasteiger partial charge on any atom is 0.258 e. The van der Waals surface area contributed by atoms with Crippen LogP contribution in [0.15, 0.2) is 22.7 Å². The normalized spacial score (nSPS) is 22.2. The van der Waals surface area contributed by atoms with Crippen molar-refractivity contribution in [3.63, 3.8) is 0 Å². The van der Waals surface area contributed by atoms with Gasteiger partial charge >= 0.3 is 0 Å². The Kier molecular flexibility index (Phi) is 4.20. The van der Waals surface area contributed by atoms with Crippen LogP contribution in [0.2, 0.25) is 0 Å². The first kappa shape index (κ1) is 15.5. The molecule has 0 amide bonds. The second-order valence-corrected chi connectivity index (χ2v) is 6.52. The highest BCUT2D eigenvalue weighted by atomic mass is 19.1. The molecule has 1 unspecified atom stereocenters. The molecule has 3 heterocycles. The summed E-state index contributed by atoms with van der Waals surface area (Å²) in [4.78, 5) is 8.76. The maximum atomic E-state index is 14.5. The van der Waals surface area contributed by atoms with Crippen LogP contribution in [0.5, 0.6) is 0 Å². The first-order valence-corrected chi connectivity index (χ1v) is 8.52. The Morgan fingerprint density at radius 1 is 1.25 bits per heavy atom. The molecule has 6 nitrogen and oxygen atoms in total. The Balaban J connectivity index is 1.57. The van der Waals surface area contributed by atoms with Crippen LogP contribution in [0, 0.1) is 5.82 Å². The van der Waals surface area contributed by atoms with Crippen molar-refractivity contribution in [2.45, 2.75) is 18.9 Å². The first-order valence-electron chi connectivity index (χ1n) is 8.52. The van der Waals surface area contributed by atoms with Crippen LogP contribution in [-0.2, 0) is 0 Å². The second kappa shape index (κ2) is 6.49. The van der Waals surface area contributed by atoms with Gasteiger partial charge in [-0.1, -0.05) is 5.16 Å². The molecule has 0 spiro atoms. The average molecular weight is 331 g/mol. The van der Waals surface area contributed by atoms with Crippen LogP contribution in [0.3, 0.4) is 0 Å². The van der Waals surface area contributed by atoms with Crippen molar-refractivity contribution < 1.29 is 8.91 Å². The molecule has 1 aromatic carbocycles. The highest BCUT2D eigenvalue weighted by molar-refractivity contribution is 5.60. The fraction of sp³-hybridized carbons (Fsp3) is 0.529. The van der Waals surface area contributed by atoms with Crippen LogP contribution in [0.1, 0.15) is 24.7 Å². The molecule has 2 aliphatic rings. The van der Waals surface area contributed by atoms with E-state index < -0.39 is 0 Å². The second-order valence-electron chi connectivity index (χ2n) is 6.52. The van der Waals surface area contributed by atoms with Crippen molar-refractivity contribution in [3.05, 3.63) is 29.8 Å². The number of piperazine rings is 1. The molecule has 1 aromatic heterocycles. The zero-order valence-corrected chi connectivity index (χ0v) is 13.8. The molecule has 0 bridgehead atoms. The van der Waals surface area contributed by atoms with Crippen LogP contribution in [0.25, 0.3) is 11.5 Å². The molecular formula is C17H22FN5O. The van der Waals surface area contributed by atoms with Crippen molar-refractivity contribution in [1.29, 1.82) is 0 Å². The summed E-state index contributed by atoms with van der Waals surface area (Å²) in [6, 6.07) is 5.25. The predicted octanol–water partition coefficient (Wildman–Crippen LogP) is 2.05. The maximum absolute atomic E-state index is 14.5. The average Bonchev–Trinajstić information content (AvgIpc) is 3.27. The smallest absolute Gasteiger partial charge is 0.258 e. The van der Waals surface area contributed by atoms with Crippen molar-refractivity contribution >= 4 is 5.69 Å². The summed E-state index contributed by atoms with van der Waals surface area (Å²) in [6.45, 7) is 4.52. The van der Waals surface area contributed by atoms with E-state index in [9.17, 15) is 4.39 Å². The molecule has 24 heavy (non-hydrogen) atoms. The van der Waals surface area contributed by atoms with E-state index in [-0.39, 0.29) is 11.9 Å². The Hall–Kier alpha value is -1.99. The number of nitrogens with one attached hydrogen (secondary N) is 1. The van der Waals surface area contributed by atoms with E-state index in [1.165, 1.54) is 6.07 Å². The Morgan fingerprint density at radius 3 is 2.83 bits per heavy atom. The molecule has 2 fully saturated rings. The van der Waals surface area contributed by atoms with E-state index in [1.807, 2.05) is 19.2 Å². The van der Waals surface area contributed by atoms with Crippen LogP contribution < -0.4 is 10.2 Å². The monoisotopic (exact) mass is 331 g/mol. The number of hydrogen-bond donors (Lipinski definition) is 1. The lowest BCUT2D eigenvalue weighted by molar-refractivity contribution is 0.190. The highest BCUT2D eigenvalue weighted by Crippen LogP contribution is 2.29. The number of benzene rings is 1. The highest BCUT2D eigenvalue weighted by Gasteiger charge is 2.26. The van der Waals surface area contributed by atoms with Crippen molar-refractivity contribution in [2.24, 2.45) is 0 Å². The molecule has 128 valence electrons. The molecule has 0 aliphatic carbocycles. The van der Waals surface area contributed by atoms with Gasteiger partial charge in [0.05, 0.1) is 11.7 Å². The fourth-order valence-corrected chi connectivity index (χ4v) is 3.44. The van der Waals surface area contributed by atoms with Gasteiger partial charge in [0.1, 0.15) is 5.82 Å². The van der Waals surface area contributed by atoms with Gasteiger partial charge in [0, 0.05) is 38.3 Å². The summed E-state index contributed by atoms with van der Waals surface area (Å²) in [5.41, 5.74) is 1.29. The number of likely N-dealkylation sites (N-methyl/N-ethyl adjacent to an activating group) is 1. The molecular weight excluding hydrogens is 309 g/mol. The topological polar surface area (TPSA) is 57.4 Å². The molecule has 0 saturated carbocycles. The Morgan fingerprint density at radius 2 is 2.08 bits per heavy atom. The number of aromatic nitrogens is 2. The van der Waals surface area contributed by atoms with Crippen LogP contribution in [0.4, 0.5) is 10.1 Å². The largest absolute Gasteiger partial charge is 0.369 e. The lowest BCUT2D eigenvalue weighted by Gasteiger charge is -2.30. The van der Waals surface area contributed by atoms with Gasteiger partial charge in [0.2, 0.25) is 0 Å². The van der Waals surface area contributed by atoms with Gasteiger partial charge in [-0.2, -0.15) is 4.98 Å². The first-order chi connectivity index (χ1) is 11.7. The zero-order valence-electron chi connectivity index (χ0n) is 13.8. The number of hydrogen-bond acceptors (Lipinski definition) is 6. The number of rotatable bonds is 3. The van der Waals surface area contributed by atoms with E-state index in [0.717, 1.165) is 45.6 Å². The van der Waals surface area contributed by atoms with Gasteiger partial charge in [0.15, 0.2) is 5.82 Å². The molecule has 2 aromatic rings. The Labute approximate surface area is 140 Å². The minimum atomic E-state index is -0.231. The molecule has 1 atom stereocenters. The third-order valence-electron chi connectivity index (χ3n) is 4.89. The van der Waals surface area contributed by atoms with Crippen LogP contribution >= 0.6 is 0 Å². The standard InChI is InChI=1S/C17H22FN5O/c1-22-9-6-19-11-15(22)16-20-17(24-21-16)12-4-5-14(13(18)10-12)23-7-2-3-8-23/h4-5,10,15,19H,2-3,6-9,11H2,1H3. The van der Waals surface area contributed by atoms with E-state index in [1.54, 1.807) is 0 Å². The lowest BCUT2D eigenvalue weighted by atomic mass is 10.1. The summed E-state index contributed by atoms with van der Waals surface area (Å²) >= 11 is 0. The van der Waals surface area contributed by atoms with Crippen LogP contribution in [-0.4, -0.2) is 54.8 Å². The quantitative estimate of drug-likeness (QED) is 0.929. The predicted molar refractivity (Wildman–Crippen MR) is 89.4 cm³/mol. The van der Waals surface area contributed by atoms with Gasteiger partial charge in [0.25, 0.3) is 5.89 Å². The van der Waals surface area contributed by atoms with E-state index >= 15 is 0 Å². The SMILES string of the molecule is CN1CCNCC1c1noc(-c2ccc(N3CCCC3)c(F)c2)n1. The van der Waals surface area contributed by atoms with Gasteiger partial charge in [-0.15, -0.1) is 0 Å². The Bertz CT molecular complexity index is 713. The minimum Gasteiger partial charge on any atom is -0.369 e. The summed E-state index contributed by atoms with van der Waals surface area (Å²) in [6.07, 6.45) is 2.24. The number of halogens is 1. The molecule has 1 N–H and O–H groups in total.